The topological polar surface area (TPSA) is 29.1 Å². The van der Waals surface area contributed by atoms with Crippen LogP contribution in [0.25, 0.3) is 0 Å². The molecule has 4 heteroatoms. The van der Waals surface area contributed by atoms with Crippen LogP contribution in [0.4, 0.5) is 5.69 Å². The molecule has 82 valence electrons. The molecule has 0 unspecified atom stereocenters. The SMILES string of the molecule is CSc1cccc(NC(=O)[C@H](C)SC)c1. The third-order valence-electron chi connectivity index (χ3n) is 2.06. The summed E-state index contributed by atoms with van der Waals surface area (Å²) in [7, 11) is 0. The van der Waals surface area contributed by atoms with Crippen molar-refractivity contribution in [2.24, 2.45) is 0 Å². The van der Waals surface area contributed by atoms with Crippen LogP contribution >= 0.6 is 23.5 Å². The Morgan fingerprint density at radius 3 is 2.73 bits per heavy atom. The van der Waals surface area contributed by atoms with Crippen molar-refractivity contribution >= 4 is 35.1 Å². The first-order valence-electron chi connectivity index (χ1n) is 4.65. The molecule has 0 saturated heterocycles. The molecule has 15 heavy (non-hydrogen) atoms. The molecule has 0 saturated carbocycles. The fraction of sp³-hybridized carbons (Fsp3) is 0.364. The molecule has 0 spiro atoms. The highest BCUT2D eigenvalue weighted by atomic mass is 32.2. The van der Waals surface area contributed by atoms with Crippen molar-refractivity contribution in [1.29, 1.82) is 0 Å². The van der Waals surface area contributed by atoms with E-state index >= 15 is 0 Å². The summed E-state index contributed by atoms with van der Waals surface area (Å²) in [6, 6.07) is 7.86. The van der Waals surface area contributed by atoms with E-state index in [0.29, 0.717) is 0 Å². The molecule has 1 amide bonds. The van der Waals surface area contributed by atoms with Gasteiger partial charge in [0.05, 0.1) is 5.25 Å². The molecule has 1 rings (SSSR count). The van der Waals surface area contributed by atoms with Gasteiger partial charge in [0, 0.05) is 10.6 Å². The number of hydrogen-bond acceptors (Lipinski definition) is 3. The van der Waals surface area contributed by atoms with Gasteiger partial charge in [0.15, 0.2) is 0 Å². The number of anilines is 1. The van der Waals surface area contributed by atoms with Gasteiger partial charge in [-0.25, -0.2) is 0 Å². The van der Waals surface area contributed by atoms with Crippen LogP contribution in [0.15, 0.2) is 29.2 Å². The van der Waals surface area contributed by atoms with Gasteiger partial charge in [-0.15, -0.1) is 11.8 Å². The average molecular weight is 241 g/mol. The quantitative estimate of drug-likeness (QED) is 0.821. The Balaban J connectivity index is 2.68. The summed E-state index contributed by atoms with van der Waals surface area (Å²) in [6.45, 7) is 1.90. The third-order valence-corrected chi connectivity index (χ3v) is 3.71. The van der Waals surface area contributed by atoms with E-state index < -0.39 is 0 Å². The van der Waals surface area contributed by atoms with E-state index in [1.54, 1.807) is 23.5 Å². The number of rotatable bonds is 4. The maximum absolute atomic E-state index is 11.6. The average Bonchev–Trinajstić information content (AvgIpc) is 2.28. The van der Waals surface area contributed by atoms with Crippen LogP contribution in [0.2, 0.25) is 0 Å². The standard InChI is InChI=1S/C11H15NOS2/c1-8(14-2)11(13)12-9-5-4-6-10(7-9)15-3/h4-8H,1-3H3,(H,12,13)/t8-/m0/s1. The zero-order valence-corrected chi connectivity index (χ0v) is 10.7. The predicted octanol–water partition coefficient (Wildman–Crippen LogP) is 3.10. The molecule has 0 aliphatic carbocycles. The molecule has 0 bridgehead atoms. The third kappa shape index (κ3) is 3.80. The normalized spacial score (nSPS) is 12.2. The molecule has 0 radical (unpaired) electrons. The second-order valence-electron chi connectivity index (χ2n) is 3.10. The number of carbonyl (C=O) groups is 1. The van der Waals surface area contributed by atoms with E-state index in [1.807, 2.05) is 43.7 Å². The summed E-state index contributed by atoms with van der Waals surface area (Å²) in [6.07, 6.45) is 3.95. The Hall–Kier alpha value is -0.610. The Morgan fingerprint density at radius 2 is 2.13 bits per heavy atom. The van der Waals surface area contributed by atoms with Crippen molar-refractivity contribution in [3.8, 4) is 0 Å². The Morgan fingerprint density at radius 1 is 1.40 bits per heavy atom. The lowest BCUT2D eigenvalue weighted by atomic mass is 10.3. The van der Waals surface area contributed by atoms with E-state index in [-0.39, 0.29) is 11.2 Å². The Bertz CT molecular complexity index is 341. The van der Waals surface area contributed by atoms with Gasteiger partial charge in [-0.2, -0.15) is 11.8 Å². The minimum absolute atomic E-state index is 0.0112. The maximum Gasteiger partial charge on any atom is 0.237 e. The van der Waals surface area contributed by atoms with Crippen LogP contribution in [0.5, 0.6) is 0 Å². The summed E-state index contributed by atoms with van der Waals surface area (Å²) in [5, 5.41) is 2.88. The fourth-order valence-electron chi connectivity index (χ4n) is 1.05. The van der Waals surface area contributed by atoms with Gasteiger partial charge in [0.25, 0.3) is 0 Å². The van der Waals surface area contributed by atoms with Gasteiger partial charge < -0.3 is 5.32 Å². The van der Waals surface area contributed by atoms with E-state index in [1.165, 1.54) is 0 Å². The largest absolute Gasteiger partial charge is 0.325 e. The first-order chi connectivity index (χ1) is 7.17. The lowest BCUT2D eigenvalue weighted by Gasteiger charge is -2.10. The van der Waals surface area contributed by atoms with Crippen LogP contribution in [0.3, 0.4) is 0 Å². The van der Waals surface area contributed by atoms with Gasteiger partial charge >= 0.3 is 0 Å². The van der Waals surface area contributed by atoms with E-state index in [2.05, 4.69) is 5.32 Å². The lowest BCUT2D eigenvalue weighted by Crippen LogP contribution is -2.21. The maximum atomic E-state index is 11.6. The second kappa shape index (κ2) is 6.08. The van der Waals surface area contributed by atoms with Crippen LogP contribution in [0.1, 0.15) is 6.92 Å². The van der Waals surface area contributed by atoms with E-state index in [9.17, 15) is 4.79 Å². The van der Waals surface area contributed by atoms with Gasteiger partial charge in [-0.3, -0.25) is 4.79 Å². The van der Waals surface area contributed by atoms with Crippen molar-refractivity contribution in [1.82, 2.24) is 0 Å². The zero-order valence-electron chi connectivity index (χ0n) is 9.11. The monoisotopic (exact) mass is 241 g/mol. The van der Waals surface area contributed by atoms with E-state index in [0.717, 1.165) is 10.6 Å². The summed E-state index contributed by atoms with van der Waals surface area (Å²) < 4.78 is 0. The molecule has 1 atom stereocenters. The molecule has 1 aromatic rings. The molecule has 1 N–H and O–H groups in total. The van der Waals surface area contributed by atoms with Gasteiger partial charge in [-0.1, -0.05) is 6.07 Å². The van der Waals surface area contributed by atoms with Gasteiger partial charge in [0.1, 0.15) is 0 Å². The summed E-state index contributed by atoms with van der Waals surface area (Å²) in [5.41, 5.74) is 0.868. The number of hydrogen-bond donors (Lipinski definition) is 1. The molecule has 0 aromatic heterocycles. The van der Waals surface area contributed by atoms with Crippen LogP contribution < -0.4 is 5.32 Å². The highest BCUT2D eigenvalue weighted by molar-refractivity contribution is 7.99. The number of benzene rings is 1. The van der Waals surface area contributed by atoms with Crippen molar-refractivity contribution in [2.45, 2.75) is 17.1 Å². The molecule has 0 heterocycles. The Kier molecular flexibility index (Phi) is 5.05. The number of carbonyl (C=O) groups excluding carboxylic acids is 1. The van der Waals surface area contributed by atoms with Crippen molar-refractivity contribution in [2.75, 3.05) is 17.8 Å². The number of thioether (sulfide) groups is 2. The van der Waals surface area contributed by atoms with Crippen molar-refractivity contribution in [3.05, 3.63) is 24.3 Å². The summed E-state index contributed by atoms with van der Waals surface area (Å²) in [5.74, 6) is 0.0563. The molecule has 0 fully saturated rings. The predicted molar refractivity (Wildman–Crippen MR) is 69.8 cm³/mol. The van der Waals surface area contributed by atoms with Crippen LogP contribution in [-0.4, -0.2) is 23.7 Å². The van der Waals surface area contributed by atoms with Gasteiger partial charge in [-0.05, 0) is 37.6 Å². The first kappa shape index (κ1) is 12.5. The minimum Gasteiger partial charge on any atom is -0.325 e. The molecule has 1 aromatic carbocycles. The Labute approximate surface area is 99.2 Å². The highest BCUT2D eigenvalue weighted by Crippen LogP contribution is 2.19. The zero-order chi connectivity index (χ0) is 11.3. The molecular weight excluding hydrogens is 226 g/mol. The smallest absolute Gasteiger partial charge is 0.237 e. The molecule has 0 aliphatic heterocycles. The summed E-state index contributed by atoms with van der Waals surface area (Å²) in [4.78, 5) is 12.8. The summed E-state index contributed by atoms with van der Waals surface area (Å²) >= 11 is 3.21. The van der Waals surface area contributed by atoms with Crippen molar-refractivity contribution in [3.63, 3.8) is 0 Å². The number of nitrogens with one attached hydrogen (secondary N) is 1. The number of amides is 1. The van der Waals surface area contributed by atoms with E-state index in [4.69, 9.17) is 0 Å². The van der Waals surface area contributed by atoms with Crippen LogP contribution in [-0.2, 0) is 4.79 Å². The first-order valence-corrected chi connectivity index (χ1v) is 7.16. The highest BCUT2D eigenvalue weighted by Gasteiger charge is 2.10. The van der Waals surface area contributed by atoms with Crippen LogP contribution in [0, 0.1) is 0 Å². The fourth-order valence-corrected chi connectivity index (χ4v) is 1.78. The molecule has 2 nitrogen and oxygen atoms in total. The van der Waals surface area contributed by atoms with Crippen molar-refractivity contribution < 1.29 is 4.79 Å². The lowest BCUT2D eigenvalue weighted by molar-refractivity contribution is -0.115. The van der Waals surface area contributed by atoms with Gasteiger partial charge in [0.2, 0.25) is 5.91 Å². The second-order valence-corrected chi connectivity index (χ2v) is 5.16. The molecular formula is C11H15NOS2. The minimum atomic E-state index is -0.0112. The molecule has 0 aliphatic rings.